The molecular formula is C19H20F6N8O. The molecule has 0 atom stereocenters. The molecule has 1 fully saturated rings. The monoisotopic (exact) mass is 490 g/mol. The van der Waals surface area contributed by atoms with Gasteiger partial charge in [0.2, 0.25) is 5.91 Å². The third kappa shape index (κ3) is 5.07. The van der Waals surface area contributed by atoms with Crippen molar-refractivity contribution in [2.24, 2.45) is 5.92 Å². The number of alkyl halides is 6. The standard InChI is InChI=1S/C19H20F6N8O/c1-30(10-15-26-6-9-32(15)11-18(20,21)22)16(34)12-4-7-31(8-5-12)14-3-2-13-27-28-17(19(23,24)25)33(13)29-14/h2-3,6,9,12H,4-5,7-8,10-11H2,1H3. The molecule has 4 rings (SSSR count). The lowest BCUT2D eigenvalue weighted by molar-refractivity contribution is -0.146. The maximum atomic E-state index is 13.1. The van der Waals surface area contributed by atoms with Crippen molar-refractivity contribution in [1.82, 2.24) is 34.3 Å². The lowest BCUT2D eigenvalue weighted by Crippen LogP contribution is -2.41. The van der Waals surface area contributed by atoms with Gasteiger partial charge in [0.15, 0.2) is 5.65 Å². The topological polar surface area (TPSA) is 84.5 Å². The summed E-state index contributed by atoms with van der Waals surface area (Å²) in [5.41, 5.74) is -0.0355. The molecule has 0 N–H and O–H groups in total. The second-order valence-electron chi connectivity index (χ2n) is 8.03. The van der Waals surface area contributed by atoms with Gasteiger partial charge in [0.1, 0.15) is 18.2 Å². The van der Waals surface area contributed by atoms with E-state index in [0.29, 0.717) is 36.3 Å². The third-order valence-electron chi connectivity index (χ3n) is 5.58. The number of imidazole rings is 1. The van der Waals surface area contributed by atoms with Crippen LogP contribution in [0.3, 0.4) is 0 Å². The number of rotatable bonds is 5. The molecule has 1 amide bonds. The summed E-state index contributed by atoms with van der Waals surface area (Å²) in [5.74, 6) is -1.41. The molecule has 0 aliphatic carbocycles. The fourth-order valence-corrected chi connectivity index (χ4v) is 3.91. The molecule has 1 saturated heterocycles. The van der Waals surface area contributed by atoms with E-state index in [2.05, 4.69) is 20.3 Å². The number of nitrogens with zero attached hydrogens (tertiary/aromatic N) is 8. The maximum Gasteiger partial charge on any atom is 0.453 e. The normalized spacial score (nSPS) is 15.8. The maximum absolute atomic E-state index is 13.1. The molecule has 15 heteroatoms. The van der Waals surface area contributed by atoms with Crippen LogP contribution in [0.5, 0.6) is 0 Å². The Labute approximate surface area is 189 Å². The molecule has 1 aliphatic rings. The Balaban J connectivity index is 1.38. The van der Waals surface area contributed by atoms with Gasteiger partial charge in [-0.15, -0.1) is 15.3 Å². The molecule has 0 bridgehead atoms. The predicted molar refractivity (Wildman–Crippen MR) is 105 cm³/mol. The summed E-state index contributed by atoms with van der Waals surface area (Å²) >= 11 is 0. The summed E-state index contributed by atoms with van der Waals surface area (Å²) in [4.78, 5) is 19.9. The molecule has 4 heterocycles. The third-order valence-corrected chi connectivity index (χ3v) is 5.58. The largest absolute Gasteiger partial charge is 0.453 e. The van der Waals surface area contributed by atoms with Crippen LogP contribution >= 0.6 is 0 Å². The molecule has 0 aromatic carbocycles. The van der Waals surface area contributed by atoms with Crippen molar-refractivity contribution < 1.29 is 31.1 Å². The molecule has 0 saturated carbocycles. The number of hydrogen-bond donors (Lipinski definition) is 0. The van der Waals surface area contributed by atoms with Crippen LogP contribution in [0, 0.1) is 5.92 Å². The zero-order chi connectivity index (χ0) is 24.7. The number of halogens is 6. The van der Waals surface area contributed by atoms with Gasteiger partial charge in [-0.1, -0.05) is 0 Å². The first-order chi connectivity index (χ1) is 15.9. The summed E-state index contributed by atoms with van der Waals surface area (Å²) in [5, 5.41) is 10.6. The average Bonchev–Trinajstić information content (AvgIpc) is 3.38. The van der Waals surface area contributed by atoms with Gasteiger partial charge in [0.05, 0.1) is 6.54 Å². The summed E-state index contributed by atoms with van der Waals surface area (Å²) < 4.78 is 79.0. The summed E-state index contributed by atoms with van der Waals surface area (Å²) in [6.45, 7) is -0.527. The summed E-state index contributed by atoms with van der Waals surface area (Å²) in [7, 11) is 1.50. The highest BCUT2D eigenvalue weighted by Gasteiger charge is 2.38. The van der Waals surface area contributed by atoms with Gasteiger partial charge in [-0.05, 0) is 25.0 Å². The van der Waals surface area contributed by atoms with Crippen molar-refractivity contribution in [3.63, 3.8) is 0 Å². The molecule has 0 radical (unpaired) electrons. The Morgan fingerprint density at radius 3 is 2.47 bits per heavy atom. The van der Waals surface area contributed by atoms with Crippen LogP contribution in [0.2, 0.25) is 0 Å². The molecule has 1 aliphatic heterocycles. The molecule has 34 heavy (non-hydrogen) atoms. The van der Waals surface area contributed by atoms with E-state index in [9.17, 15) is 31.1 Å². The first-order valence-corrected chi connectivity index (χ1v) is 10.3. The molecule has 0 unspecified atom stereocenters. The van der Waals surface area contributed by atoms with Crippen molar-refractivity contribution in [3.05, 3.63) is 36.2 Å². The van der Waals surface area contributed by atoms with E-state index in [1.54, 1.807) is 11.0 Å². The van der Waals surface area contributed by atoms with Crippen LogP contribution in [0.25, 0.3) is 5.65 Å². The Kier molecular flexibility index (Phi) is 6.12. The van der Waals surface area contributed by atoms with E-state index < -0.39 is 24.7 Å². The number of anilines is 1. The number of carbonyl (C=O) groups is 1. The molecule has 9 nitrogen and oxygen atoms in total. The lowest BCUT2D eigenvalue weighted by atomic mass is 9.95. The van der Waals surface area contributed by atoms with Gasteiger partial charge < -0.3 is 14.4 Å². The Hall–Kier alpha value is -3.39. The van der Waals surface area contributed by atoms with Crippen molar-refractivity contribution >= 4 is 17.4 Å². The zero-order valence-corrected chi connectivity index (χ0v) is 17.9. The van der Waals surface area contributed by atoms with Crippen molar-refractivity contribution in [2.45, 2.75) is 38.3 Å². The molecule has 3 aromatic heterocycles. The van der Waals surface area contributed by atoms with E-state index in [-0.39, 0.29) is 29.8 Å². The highest BCUT2D eigenvalue weighted by atomic mass is 19.4. The fraction of sp³-hybridized carbons (Fsp3) is 0.526. The average molecular weight is 490 g/mol. The first kappa shape index (κ1) is 23.8. The van der Waals surface area contributed by atoms with E-state index >= 15 is 0 Å². The summed E-state index contributed by atoms with van der Waals surface area (Å²) in [6, 6.07) is 2.93. The number of aromatic nitrogens is 6. The number of carbonyl (C=O) groups excluding carboxylic acids is 1. The molecular weight excluding hydrogens is 470 g/mol. The van der Waals surface area contributed by atoms with Gasteiger partial charge in [-0.25, -0.2) is 4.98 Å². The van der Waals surface area contributed by atoms with Crippen molar-refractivity contribution in [3.8, 4) is 0 Å². The van der Waals surface area contributed by atoms with Crippen molar-refractivity contribution in [1.29, 1.82) is 0 Å². The number of amides is 1. The molecule has 184 valence electrons. The SMILES string of the molecule is CN(Cc1nccn1CC(F)(F)F)C(=O)C1CCN(c2ccc3nnc(C(F)(F)F)n3n2)CC1. The van der Waals surface area contributed by atoms with Gasteiger partial charge in [0, 0.05) is 38.4 Å². The fourth-order valence-electron chi connectivity index (χ4n) is 3.91. The second-order valence-corrected chi connectivity index (χ2v) is 8.03. The Morgan fingerprint density at radius 1 is 1.12 bits per heavy atom. The van der Waals surface area contributed by atoms with Crippen LogP contribution in [0.4, 0.5) is 32.2 Å². The molecule has 3 aromatic rings. The Morgan fingerprint density at radius 2 is 1.82 bits per heavy atom. The highest BCUT2D eigenvalue weighted by Crippen LogP contribution is 2.29. The second kappa shape index (κ2) is 8.76. The van der Waals surface area contributed by atoms with Crippen LogP contribution in [-0.2, 0) is 24.1 Å². The van der Waals surface area contributed by atoms with Gasteiger partial charge >= 0.3 is 12.4 Å². The molecule has 0 spiro atoms. The zero-order valence-electron chi connectivity index (χ0n) is 17.9. The van der Waals surface area contributed by atoms with Gasteiger partial charge in [0.25, 0.3) is 5.82 Å². The van der Waals surface area contributed by atoms with Crippen LogP contribution in [0.1, 0.15) is 24.5 Å². The van der Waals surface area contributed by atoms with E-state index in [0.717, 1.165) is 4.57 Å². The highest BCUT2D eigenvalue weighted by molar-refractivity contribution is 5.78. The van der Waals surface area contributed by atoms with Gasteiger partial charge in [-0.2, -0.15) is 30.9 Å². The van der Waals surface area contributed by atoms with E-state index in [1.807, 2.05) is 0 Å². The number of fused-ring (bicyclic) bond motifs is 1. The smallest absolute Gasteiger partial charge is 0.355 e. The Bertz CT molecular complexity index is 1160. The number of hydrogen-bond acceptors (Lipinski definition) is 6. The first-order valence-electron chi connectivity index (χ1n) is 10.3. The van der Waals surface area contributed by atoms with Crippen LogP contribution < -0.4 is 4.90 Å². The number of piperidine rings is 1. The minimum atomic E-state index is -4.70. The van der Waals surface area contributed by atoms with Crippen LogP contribution in [-0.4, -0.2) is 66.5 Å². The quantitative estimate of drug-likeness (QED) is 0.512. The van der Waals surface area contributed by atoms with Crippen molar-refractivity contribution in [2.75, 3.05) is 25.0 Å². The summed E-state index contributed by atoms with van der Waals surface area (Å²) in [6.07, 6.45) is -5.83. The van der Waals surface area contributed by atoms with Crippen LogP contribution in [0.15, 0.2) is 24.5 Å². The lowest BCUT2D eigenvalue weighted by Gasteiger charge is -2.33. The predicted octanol–water partition coefficient (Wildman–Crippen LogP) is 2.78. The van der Waals surface area contributed by atoms with E-state index in [4.69, 9.17) is 0 Å². The minimum absolute atomic E-state index is 0.0355. The minimum Gasteiger partial charge on any atom is -0.355 e. The van der Waals surface area contributed by atoms with Gasteiger partial charge in [-0.3, -0.25) is 4.79 Å². The van der Waals surface area contributed by atoms with E-state index in [1.165, 1.54) is 30.4 Å².